The Labute approximate surface area is 165 Å². The van der Waals surface area contributed by atoms with Gasteiger partial charge in [-0.1, -0.05) is 29.8 Å². The highest BCUT2D eigenvalue weighted by atomic mass is 35.5. The topological polar surface area (TPSA) is 62.1 Å². The molecule has 0 aliphatic rings. The van der Waals surface area contributed by atoms with Gasteiger partial charge in [0.25, 0.3) is 5.56 Å². The number of benzene rings is 1. The monoisotopic (exact) mass is 399 g/mol. The van der Waals surface area contributed by atoms with Crippen LogP contribution in [0.15, 0.2) is 57.3 Å². The molecule has 0 saturated carbocycles. The SMILES string of the molecule is C[C@H](c1nc2scc(-c3ccco3)c2c(=O)[nH]1)N(C)Cc1ccccc1Cl. The molecule has 5 nitrogen and oxygen atoms in total. The van der Waals surface area contributed by atoms with E-state index < -0.39 is 0 Å². The van der Waals surface area contributed by atoms with E-state index in [2.05, 4.69) is 9.88 Å². The first-order valence-corrected chi connectivity index (χ1v) is 9.79. The van der Waals surface area contributed by atoms with Crippen molar-refractivity contribution in [1.29, 1.82) is 0 Å². The Bertz CT molecular complexity index is 1130. The van der Waals surface area contributed by atoms with Crippen LogP contribution in [0.5, 0.6) is 0 Å². The van der Waals surface area contributed by atoms with Gasteiger partial charge in [-0.2, -0.15) is 0 Å². The van der Waals surface area contributed by atoms with Crippen molar-refractivity contribution in [2.24, 2.45) is 0 Å². The first kappa shape index (κ1) is 18.0. The zero-order valence-corrected chi connectivity index (χ0v) is 16.5. The largest absolute Gasteiger partial charge is 0.464 e. The van der Waals surface area contributed by atoms with Crippen LogP contribution in [-0.2, 0) is 6.54 Å². The van der Waals surface area contributed by atoms with Gasteiger partial charge in [0, 0.05) is 22.5 Å². The van der Waals surface area contributed by atoms with E-state index in [1.165, 1.54) is 11.3 Å². The number of nitrogens with one attached hydrogen (secondary N) is 1. The number of H-pyrrole nitrogens is 1. The fourth-order valence-electron chi connectivity index (χ4n) is 3.02. The standard InChI is InChI=1S/C20H18ClN3O2S/c1-12(24(2)10-13-6-3-4-7-15(13)21)18-22-19(25)17-14(11-27-20(17)23-18)16-8-5-9-26-16/h3-9,11-12H,10H2,1-2H3,(H,22,23,25)/t12-/m1/s1. The van der Waals surface area contributed by atoms with E-state index in [0.717, 1.165) is 16.1 Å². The molecular formula is C20H18ClN3O2S. The average molecular weight is 400 g/mol. The number of rotatable bonds is 5. The van der Waals surface area contributed by atoms with Gasteiger partial charge in [0.1, 0.15) is 16.4 Å². The van der Waals surface area contributed by atoms with Crippen molar-refractivity contribution in [3.63, 3.8) is 0 Å². The number of aromatic nitrogens is 2. The Hall–Kier alpha value is -2.41. The number of aromatic amines is 1. The number of halogens is 1. The maximum atomic E-state index is 12.7. The summed E-state index contributed by atoms with van der Waals surface area (Å²) in [5.41, 5.74) is 1.66. The Morgan fingerprint density at radius 2 is 2.11 bits per heavy atom. The Kier molecular flexibility index (Phi) is 4.86. The lowest BCUT2D eigenvalue weighted by Gasteiger charge is -2.24. The summed E-state index contributed by atoms with van der Waals surface area (Å²) in [6.45, 7) is 2.67. The summed E-state index contributed by atoms with van der Waals surface area (Å²) in [5, 5.41) is 3.21. The van der Waals surface area contributed by atoms with Crippen molar-refractivity contribution in [3.05, 3.63) is 74.8 Å². The van der Waals surface area contributed by atoms with E-state index in [1.54, 1.807) is 12.3 Å². The fraction of sp³-hybridized carbons (Fsp3) is 0.200. The summed E-state index contributed by atoms with van der Waals surface area (Å²) in [6, 6.07) is 11.3. The molecule has 0 aliphatic carbocycles. The molecule has 0 radical (unpaired) electrons. The molecule has 0 aliphatic heterocycles. The number of fused-ring (bicyclic) bond motifs is 1. The van der Waals surface area contributed by atoms with Gasteiger partial charge >= 0.3 is 0 Å². The maximum Gasteiger partial charge on any atom is 0.260 e. The van der Waals surface area contributed by atoms with Crippen molar-refractivity contribution < 1.29 is 4.42 Å². The van der Waals surface area contributed by atoms with Crippen molar-refractivity contribution in [3.8, 4) is 11.3 Å². The normalized spacial score (nSPS) is 12.7. The predicted molar refractivity (Wildman–Crippen MR) is 109 cm³/mol. The van der Waals surface area contributed by atoms with Crippen molar-refractivity contribution in [2.75, 3.05) is 7.05 Å². The number of hydrogen-bond donors (Lipinski definition) is 1. The third kappa shape index (κ3) is 3.43. The highest BCUT2D eigenvalue weighted by Gasteiger charge is 2.19. The van der Waals surface area contributed by atoms with Crippen LogP contribution in [0.2, 0.25) is 5.02 Å². The molecule has 0 spiro atoms. The van der Waals surface area contributed by atoms with Gasteiger partial charge in [-0.3, -0.25) is 9.69 Å². The second-order valence-corrected chi connectivity index (χ2v) is 7.71. The second-order valence-electron chi connectivity index (χ2n) is 6.44. The van der Waals surface area contributed by atoms with E-state index >= 15 is 0 Å². The fourth-order valence-corrected chi connectivity index (χ4v) is 4.15. The predicted octanol–water partition coefficient (Wildman–Crippen LogP) is 5.09. The lowest BCUT2D eigenvalue weighted by molar-refractivity contribution is 0.244. The third-order valence-electron chi connectivity index (χ3n) is 4.68. The molecule has 7 heteroatoms. The quantitative estimate of drug-likeness (QED) is 0.507. The number of thiophene rings is 1. The van der Waals surface area contributed by atoms with Gasteiger partial charge in [-0.15, -0.1) is 11.3 Å². The summed E-state index contributed by atoms with van der Waals surface area (Å²) in [7, 11) is 1.99. The van der Waals surface area contributed by atoms with E-state index in [1.807, 2.05) is 49.7 Å². The summed E-state index contributed by atoms with van der Waals surface area (Å²) in [6.07, 6.45) is 1.60. The first-order chi connectivity index (χ1) is 13.0. The van der Waals surface area contributed by atoms with Gasteiger partial charge in [-0.05, 0) is 37.7 Å². The van der Waals surface area contributed by atoms with Crippen molar-refractivity contribution in [2.45, 2.75) is 19.5 Å². The molecule has 0 amide bonds. The Balaban J connectivity index is 1.66. The molecule has 27 heavy (non-hydrogen) atoms. The smallest absolute Gasteiger partial charge is 0.260 e. The molecule has 1 aromatic carbocycles. The van der Waals surface area contributed by atoms with Crippen LogP contribution in [0.4, 0.5) is 0 Å². The Morgan fingerprint density at radius 3 is 2.85 bits per heavy atom. The molecule has 0 unspecified atom stereocenters. The van der Waals surface area contributed by atoms with Gasteiger partial charge in [0.2, 0.25) is 0 Å². The summed E-state index contributed by atoms with van der Waals surface area (Å²) in [5.74, 6) is 1.31. The van der Waals surface area contributed by atoms with Gasteiger partial charge in [-0.25, -0.2) is 4.98 Å². The van der Waals surface area contributed by atoms with Crippen LogP contribution in [0.3, 0.4) is 0 Å². The molecule has 0 bridgehead atoms. The van der Waals surface area contributed by atoms with Crippen LogP contribution in [0.1, 0.15) is 24.4 Å². The van der Waals surface area contributed by atoms with Crippen LogP contribution in [-0.4, -0.2) is 21.9 Å². The molecule has 4 aromatic rings. The van der Waals surface area contributed by atoms with Crippen molar-refractivity contribution in [1.82, 2.24) is 14.9 Å². The molecule has 0 saturated heterocycles. The molecule has 138 valence electrons. The van der Waals surface area contributed by atoms with E-state index in [9.17, 15) is 4.79 Å². The van der Waals surface area contributed by atoms with E-state index in [0.29, 0.717) is 28.3 Å². The van der Waals surface area contributed by atoms with Gasteiger partial charge in [0.15, 0.2) is 0 Å². The highest BCUT2D eigenvalue weighted by molar-refractivity contribution is 7.17. The van der Waals surface area contributed by atoms with E-state index in [-0.39, 0.29) is 11.6 Å². The number of hydrogen-bond acceptors (Lipinski definition) is 5. The van der Waals surface area contributed by atoms with E-state index in [4.69, 9.17) is 21.0 Å². The summed E-state index contributed by atoms with van der Waals surface area (Å²) in [4.78, 5) is 23.2. The first-order valence-electron chi connectivity index (χ1n) is 8.53. The minimum absolute atomic E-state index is 0.0764. The number of furan rings is 1. The Morgan fingerprint density at radius 1 is 1.30 bits per heavy atom. The van der Waals surface area contributed by atoms with Crippen LogP contribution >= 0.6 is 22.9 Å². The molecule has 1 N–H and O–H groups in total. The second kappa shape index (κ2) is 7.31. The summed E-state index contributed by atoms with van der Waals surface area (Å²) < 4.78 is 5.44. The van der Waals surface area contributed by atoms with Crippen LogP contribution in [0.25, 0.3) is 21.5 Å². The van der Waals surface area contributed by atoms with Gasteiger partial charge < -0.3 is 9.40 Å². The zero-order chi connectivity index (χ0) is 19.0. The minimum atomic E-state index is -0.152. The zero-order valence-electron chi connectivity index (χ0n) is 14.9. The van der Waals surface area contributed by atoms with Crippen LogP contribution < -0.4 is 5.56 Å². The molecule has 3 heterocycles. The summed E-state index contributed by atoms with van der Waals surface area (Å²) >= 11 is 7.71. The van der Waals surface area contributed by atoms with Gasteiger partial charge in [0.05, 0.1) is 17.7 Å². The van der Waals surface area contributed by atoms with Crippen molar-refractivity contribution >= 4 is 33.2 Å². The number of nitrogens with zero attached hydrogens (tertiary/aromatic N) is 2. The average Bonchev–Trinajstić information content (AvgIpc) is 3.32. The van der Waals surface area contributed by atoms with Crippen LogP contribution in [0, 0.1) is 0 Å². The molecule has 0 fully saturated rings. The maximum absolute atomic E-state index is 12.7. The molecular weight excluding hydrogens is 382 g/mol. The third-order valence-corrected chi connectivity index (χ3v) is 5.92. The highest BCUT2D eigenvalue weighted by Crippen LogP contribution is 2.31. The minimum Gasteiger partial charge on any atom is -0.464 e. The molecule has 1 atom stereocenters. The lowest BCUT2D eigenvalue weighted by Crippen LogP contribution is -2.26. The molecule has 3 aromatic heterocycles. The molecule has 4 rings (SSSR count). The lowest BCUT2D eigenvalue weighted by atomic mass is 10.1.